The maximum absolute atomic E-state index is 10.6. The molecule has 2 aromatic carbocycles. The number of rotatable bonds is 6. The monoisotopic (exact) mass is 473 g/mol. The second-order valence-corrected chi connectivity index (χ2v) is 9.18. The summed E-state index contributed by atoms with van der Waals surface area (Å²) in [6.45, 7) is 11.9. The summed E-state index contributed by atoms with van der Waals surface area (Å²) >= 11 is 0. The van der Waals surface area contributed by atoms with Gasteiger partial charge in [0.1, 0.15) is 12.4 Å². The number of aliphatic imine (C=N–C) groups is 1. The lowest BCUT2D eigenvalue weighted by Crippen LogP contribution is -2.23. The Morgan fingerprint density at radius 3 is 1.76 bits per heavy atom. The topological polar surface area (TPSA) is 122 Å². The van der Waals surface area contributed by atoms with E-state index in [0.29, 0.717) is 12.1 Å². The van der Waals surface area contributed by atoms with Crippen molar-refractivity contribution in [3.05, 3.63) is 65.2 Å². The van der Waals surface area contributed by atoms with Crippen molar-refractivity contribution in [2.45, 2.75) is 59.1 Å². The van der Waals surface area contributed by atoms with Crippen LogP contribution >= 0.6 is 0 Å². The van der Waals surface area contributed by atoms with Crippen LogP contribution in [-0.4, -0.2) is 47.5 Å². The van der Waals surface area contributed by atoms with Crippen LogP contribution in [0.15, 0.2) is 53.5 Å². The molecule has 0 heterocycles. The second kappa shape index (κ2) is 14.6. The zero-order valence-electron chi connectivity index (χ0n) is 20.9. The molecule has 0 saturated heterocycles. The molecule has 2 rings (SSSR count). The van der Waals surface area contributed by atoms with Gasteiger partial charge in [-0.1, -0.05) is 45.0 Å². The molecule has 34 heavy (non-hydrogen) atoms. The minimum atomic E-state index is -0.926. The van der Waals surface area contributed by atoms with Crippen molar-refractivity contribution in [1.82, 2.24) is 0 Å². The van der Waals surface area contributed by atoms with Crippen LogP contribution in [0.5, 0.6) is 5.75 Å². The molecular weight excluding hydrogens is 438 g/mol. The third-order valence-electron chi connectivity index (χ3n) is 4.11. The van der Waals surface area contributed by atoms with Gasteiger partial charge in [0.15, 0.2) is 0 Å². The Morgan fingerprint density at radius 2 is 1.44 bits per heavy atom. The zero-order valence-corrected chi connectivity index (χ0v) is 20.9. The Bertz CT molecular complexity index is 931. The number of carbonyl (C=O) groups is 2. The molecule has 0 unspecified atom stereocenters. The zero-order chi connectivity index (χ0) is 26.4. The van der Waals surface area contributed by atoms with Gasteiger partial charge in [-0.25, -0.2) is 19.4 Å². The van der Waals surface area contributed by atoms with Crippen molar-refractivity contribution >= 4 is 18.0 Å². The molecule has 0 aliphatic carbocycles. The van der Waals surface area contributed by atoms with Crippen LogP contribution in [-0.2, 0) is 26.3 Å². The van der Waals surface area contributed by atoms with Gasteiger partial charge < -0.3 is 19.7 Å². The molecule has 0 radical (unpaired) electrons. The smallest absolute Gasteiger partial charge is 0.335 e. The first-order valence-electron chi connectivity index (χ1n) is 10.6. The minimum Gasteiger partial charge on any atom is -0.497 e. The Morgan fingerprint density at radius 1 is 0.912 bits per heavy atom. The molecule has 0 saturated carbocycles. The summed E-state index contributed by atoms with van der Waals surface area (Å²) in [5.74, 6) is -1.00. The molecule has 2 N–H and O–H groups in total. The molecule has 8 heteroatoms. The molecule has 0 aliphatic heterocycles. The number of carbonyl (C=O) groups excluding carboxylic acids is 1. The van der Waals surface area contributed by atoms with Gasteiger partial charge >= 0.3 is 11.9 Å². The largest absolute Gasteiger partial charge is 0.497 e. The quantitative estimate of drug-likeness (QED) is 0.442. The molecule has 0 spiro atoms. The van der Waals surface area contributed by atoms with Gasteiger partial charge in [0.05, 0.1) is 24.8 Å². The molecular formula is C26H35NO7. The van der Waals surface area contributed by atoms with E-state index in [1.807, 2.05) is 57.2 Å². The van der Waals surface area contributed by atoms with Crippen LogP contribution in [0.2, 0.25) is 0 Å². The van der Waals surface area contributed by atoms with Crippen molar-refractivity contribution in [2.75, 3.05) is 13.7 Å². The van der Waals surface area contributed by atoms with Crippen LogP contribution < -0.4 is 4.74 Å². The second-order valence-electron chi connectivity index (χ2n) is 9.18. The first-order valence-corrected chi connectivity index (χ1v) is 10.6. The molecule has 0 amide bonds. The number of nitrogens with zero attached hydrogens (tertiary/aromatic N) is 1. The standard InChI is InChI=1S/C11H14O2.C9H9NO2.C6H12O3/c1-11(2,3)9-6-4-8(5-7-9)10(12)13;1-12-9-4-2-8(3-5-9)6-10-7-11;1-6(2,3)9-4-5(7)8/h4-7H,1-3H3,(H,12,13);2-5H,6H2,1H3;4H2,1-3H3,(H,7,8). The Kier molecular flexibility index (Phi) is 13.1. The van der Waals surface area contributed by atoms with Gasteiger partial charge in [0, 0.05) is 0 Å². The van der Waals surface area contributed by atoms with E-state index in [1.54, 1.807) is 19.2 Å². The fraction of sp³-hybridized carbons (Fsp3) is 0.423. The molecule has 186 valence electrons. The van der Waals surface area contributed by atoms with Gasteiger partial charge in [-0.05, 0) is 61.6 Å². The predicted molar refractivity (Wildman–Crippen MR) is 130 cm³/mol. The van der Waals surface area contributed by atoms with E-state index in [0.717, 1.165) is 16.9 Å². The number of carboxylic acids is 2. The van der Waals surface area contributed by atoms with Crippen molar-refractivity contribution in [3.63, 3.8) is 0 Å². The number of hydrogen-bond donors (Lipinski definition) is 2. The molecule has 2 aromatic rings. The minimum absolute atomic E-state index is 0.0804. The van der Waals surface area contributed by atoms with Gasteiger partial charge in [-0.3, -0.25) is 0 Å². The van der Waals surface area contributed by atoms with Crippen molar-refractivity contribution in [2.24, 2.45) is 4.99 Å². The third-order valence-corrected chi connectivity index (χ3v) is 4.11. The lowest BCUT2D eigenvalue weighted by Gasteiger charge is -2.18. The summed E-state index contributed by atoms with van der Waals surface area (Å²) in [5, 5.41) is 16.8. The molecule has 0 fully saturated rings. The van der Waals surface area contributed by atoms with E-state index in [9.17, 15) is 14.4 Å². The predicted octanol–water partition coefficient (Wildman–Crippen LogP) is 5.10. The van der Waals surface area contributed by atoms with E-state index in [4.69, 9.17) is 19.7 Å². The Hall–Kier alpha value is -3.48. The molecule has 0 aliphatic rings. The van der Waals surface area contributed by atoms with Gasteiger partial charge in [-0.2, -0.15) is 0 Å². The normalized spacial score (nSPS) is 10.4. The lowest BCUT2D eigenvalue weighted by molar-refractivity contribution is -0.147. The number of aromatic carboxylic acids is 1. The maximum Gasteiger partial charge on any atom is 0.335 e. The van der Waals surface area contributed by atoms with Crippen LogP contribution in [0.3, 0.4) is 0 Å². The van der Waals surface area contributed by atoms with E-state index in [-0.39, 0.29) is 17.6 Å². The average Bonchev–Trinajstić information content (AvgIpc) is 2.76. The molecule has 0 bridgehead atoms. The highest BCUT2D eigenvalue weighted by atomic mass is 16.5. The highest BCUT2D eigenvalue weighted by Crippen LogP contribution is 2.22. The van der Waals surface area contributed by atoms with Crippen molar-refractivity contribution in [3.8, 4) is 5.75 Å². The van der Waals surface area contributed by atoms with E-state index >= 15 is 0 Å². The van der Waals surface area contributed by atoms with Crippen molar-refractivity contribution in [1.29, 1.82) is 0 Å². The first-order chi connectivity index (χ1) is 15.7. The van der Waals surface area contributed by atoms with Crippen LogP contribution in [0.25, 0.3) is 0 Å². The van der Waals surface area contributed by atoms with Gasteiger partial charge in [0.2, 0.25) is 6.08 Å². The molecule has 8 nitrogen and oxygen atoms in total. The number of ether oxygens (including phenoxy) is 2. The lowest BCUT2D eigenvalue weighted by atomic mass is 9.87. The van der Waals surface area contributed by atoms with E-state index < -0.39 is 11.9 Å². The molecule has 0 atom stereocenters. The van der Waals surface area contributed by atoms with Crippen LogP contribution in [0, 0.1) is 0 Å². The van der Waals surface area contributed by atoms with E-state index in [2.05, 4.69) is 25.8 Å². The number of benzene rings is 2. The summed E-state index contributed by atoms with van der Waals surface area (Å²) in [4.78, 5) is 33.7. The number of methoxy groups -OCH3 is 1. The third kappa shape index (κ3) is 14.6. The number of aliphatic carboxylic acids is 1. The van der Waals surface area contributed by atoms with Crippen molar-refractivity contribution < 1.29 is 34.1 Å². The fourth-order valence-electron chi connectivity index (χ4n) is 2.25. The Balaban J connectivity index is 0.000000490. The highest BCUT2D eigenvalue weighted by molar-refractivity contribution is 5.87. The average molecular weight is 474 g/mol. The molecule has 0 aromatic heterocycles. The van der Waals surface area contributed by atoms with Gasteiger partial charge in [0.25, 0.3) is 0 Å². The summed E-state index contributed by atoms with van der Waals surface area (Å²) in [6.07, 6.45) is 1.49. The van der Waals surface area contributed by atoms with Crippen LogP contribution in [0.4, 0.5) is 0 Å². The summed E-state index contributed by atoms with van der Waals surface area (Å²) in [5.41, 5.74) is 2.19. The summed E-state index contributed by atoms with van der Waals surface area (Å²) < 4.78 is 9.86. The van der Waals surface area contributed by atoms with Crippen LogP contribution in [0.1, 0.15) is 63.0 Å². The highest BCUT2D eigenvalue weighted by Gasteiger charge is 2.13. The number of isocyanates is 1. The summed E-state index contributed by atoms with van der Waals surface area (Å²) in [6, 6.07) is 14.4. The summed E-state index contributed by atoms with van der Waals surface area (Å²) in [7, 11) is 1.61. The number of carboxylic acid groups (broad SMARTS) is 2. The fourth-order valence-corrected chi connectivity index (χ4v) is 2.25. The maximum atomic E-state index is 10.6. The number of hydrogen-bond acceptors (Lipinski definition) is 6. The van der Waals surface area contributed by atoms with E-state index in [1.165, 1.54) is 6.08 Å². The van der Waals surface area contributed by atoms with Gasteiger partial charge in [-0.15, -0.1) is 0 Å². The first kappa shape index (κ1) is 30.5. The Labute approximate surface area is 201 Å². The SMILES string of the molecule is CC(C)(C)OCC(=O)O.CC(C)(C)c1ccc(C(=O)O)cc1.COc1ccc(CN=C=O)cc1.